The maximum Gasteiger partial charge on any atom is 0.219 e. The molecule has 0 radical (unpaired) electrons. The third-order valence-electron chi connectivity index (χ3n) is 23.3. The molecule has 0 spiro atoms. The van der Waals surface area contributed by atoms with Crippen LogP contribution in [0.5, 0.6) is 0 Å². The number of nitrogens with zero attached hydrogens (tertiary/aromatic N) is 6. The minimum absolute atomic E-state index is 0. The van der Waals surface area contributed by atoms with E-state index in [1.165, 1.54) is 181 Å². The molecule has 0 aromatic carbocycles. The molecule has 9 aliphatic rings. The molecule has 1 saturated carbocycles. The van der Waals surface area contributed by atoms with E-state index in [9.17, 15) is 13.2 Å². The van der Waals surface area contributed by atoms with Crippen molar-refractivity contribution >= 4 is 15.7 Å². The van der Waals surface area contributed by atoms with E-state index in [4.69, 9.17) is 4.74 Å². The van der Waals surface area contributed by atoms with Gasteiger partial charge in [-0.05, 0) is 310 Å². The predicted molar refractivity (Wildman–Crippen MR) is 392 cm³/mol. The number of sulfone groups is 1. The zero-order valence-corrected chi connectivity index (χ0v) is 63.9. The van der Waals surface area contributed by atoms with Gasteiger partial charge in [0, 0.05) is 45.3 Å². The molecule has 1 aliphatic carbocycles. The summed E-state index contributed by atoms with van der Waals surface area (Å²) >= 11 is 0. The molecule has 0 bridgehead atoms. The lowest BCUT2D eigenvalue weighted by atomic mass is 9.86. The first-order valence-electron chi connectivity index (χ1n) is 38.1. The van der Waals surface area contributed by atoms with Gasteiger partial charge in [0.05, 0.1) is 11.5 Å². The van der Waals surface area contributed by atoms with E-state index in [1.807, 2.05) is 4.90 Å². The fourth-order valence-corrected chi connectivity index (χ4v) is 16.4. The summed E-state index contributed by atoms with van der Waals surface area (Å²) in [6.07, 6.45) is 23.9. The Hall–Kier alpha value is -0.820. The van der Waals surface area contributed by atoms with Gasteiger partial charge in [-0.1, -0.05) is 132 Å². The second-order valence-corrected chi connectivity index (χ2v) is 34.8. The number of ether oxygens (including phenoxy) is 1. The van der Waals surface area contributed by atoms with E-state index < -0.39 is 9.84 Å². The molecule has 1 amide bonds. The van der Waals surface area contributed by atoms with E-state index in [0.29, 0.717) is 23.3 Å². The number of carbonyl (C=O) groups is 1. The van der Waals surface area contributed by atoms with Gasteiger partial charge >= 0.3 is 0 Å². The van der Waals surface area contributed by atoms with Crippen molar-refractivity contribution in [3.63, 3.8) is 0 Å². The van der Waals surface area contributed by atoms with E-state index >= 15 is 0 Å². The average Bonchev–Trinajstić information content (AvgIpc) is 3.70. The highest BCUT2D eigenvalue weighted by Gasteiger charge is 2.33. The predicted octanol–water partition coefficient (Wildman–Crippen LogP) is 18.1. The van der Waals surface area contributed by atoms with Crippen molar-refractivity contribution in [1.82, 2.24) is 29.4 Å². The van der Waals surface area contributed by atoms with Gasteiger partial charge in [0.1, 0.15) is 9.84 Å². The normalized spacial score (nSPS) is 23.4. The molecule has 8 aliphatic heterocycles. The third-order valence-corrected chi connectivity index (χ3v) is 25.0. The lowest BCUT2D eigenvalue weighted by Crippen LogP contribution is -2.39. The Bertz CT molecular complexity index is 1690. The molecular weight excluding hydrogens is 1120 g/mol. The van der Waals surface area contributed by atoms with Crippen molar-refractivity contribution in [2.75, 3.05) is 123 Å². The van der Waals surface area contributed by atoms with E-state index in [0.717, 1.165) is 134 Å². The Kier molecular flexibility index (Phi) is 45.7. The summed E-state index contributed by atoms with van der Waals surface area (Å²) in [6, 6.07) is 1.75. The molecule has 0 aromatic rings. The van der Waals surface area contributed by atoms with Crippen LogP contribution in [0.4, 0.5) is 0 Å². The fraction of sp³-hybridized carbons (Fsp3) is 0.987. The van der Waals surface area contributed by atoms with Crippen molar-refractivity contribution in [1.29, 1.82) is 0 Å². The summed E-state index contributed by atoms with van der Waals surface area (Å²) in [7, 11) is -0.430. The van der Waals surface area contributed by atoms with Crippen molar-refractivity contribution in [3.05, 3.63) is 0 Å². The Morgan fingerprint density at radius 3 is 0.921 bits per heavy atom. The Morgan fingerprint density at radius 2 is 0.652 bits per heavy atom. The first-order valence-corrected chi connectivity index (χ1v) is 39.9. The summed E-state index contributed by atoms with van der Waals surface area (Å²) in [4.78, 5) is 25.8. The van der Waals surface area contributed by atoms with Gasteiger partial charge < -0.3 is 34.1 Å². The quantitative estimate of drug-likeness (QED) is 0.190. The van der Waals surface area contributed by atoms with Crippen LogP contribution in [0.2, 0.25) is 0 Å². The van der Waals surface area contributed by atoms with E-state index in [2.05, 4.69) is 170 Å². The molecular formula is C78H160N6O4S. The molecule has 10 nitrogen and oxygen atoms in total. The van der Waals surface area contributed by atoms with Crippen LogP contribution < -0.4 is 0 Å². The zero-order valence-electron chi connectivity index (χ0n) is 63.1. The topological polar surface area (TPSA) is 79.9 Å². The van der Waals surface area contributed by atoms with Crippen LogP contribution in [0.15, 0.2) is 0 Å². The van der Waals surface area contributed by atoms with Gasteiger partial charge in [-0.15, -0.1) is 0 Å². The van der Waals surface area contributed by atoms with Crippen LogP contribution in [0.3, 0.4) is 0 Å². The number of likely N-dealkylation sites (tertiary alicyclic amines) is 6. The fourth-order valence-electron chi connectivity index (χ4n) is 14.9. The van der Waals surface area contributed by atoms with Gasteiger partial charge in [0.25, 0.3) is 0 Å². The molecule has 9 rings (SSSR count). The SMILES string of the molecule is C.CC(=O)N1CCC(C(C)C)CC1.CC(C)C1CCN(C(C)C)CC1.CC(C)C1CCN(C)CC1.CC(C)C1CCN(C2CC2)CC1.CC(C)C1CCOCC1.CC(C)C1CCS(=O)(=O)CC1.CCN1CCC(C(C)C)CC1.CCN1CCC(C(C)C)CC1. The number of hydrogen-bond donors (Lipinski definition) is 0. The molecule has 0 unspecified atom stereocenters. The van der Waals surface area contributed by atoms with Crippen LogP contribution in [0.25, 0.3) is 0 Å². The van der Waals surface area contributed by atoms with Crippen molar-refractivity contribution in [2.24, 2.45) is 94.7 Å². The molecule has 0 atom stereocenters. The highest BCUT2D eigenvalue weighted by atomic mass is 32.2. The van der Waals surface area contributed by atoms with Crippen LogP contribution in [-0.4, -0.2) is 179 Å². The summed E-state index contributed by atoms with van der Waals surface area (Å²) in [5.74, 6) is 15.2. The standard InChI is InChI=1S/C11H21N.C11H23N.C10H19NO.2C10H21N.C9H19N.C8H16O2S.C8H16O.CH4/c1-9(2)10-5-7-12(8-6-10)11-3-4-11;1-9(2)11-5-7-12(8-6-11)10(3)4;1-8(2)10-4-6-11(7-5-10)9(3)12;2*1-4-11-7-5-10(6-8-11)9(2)3;1-8(2)9-4-6-10(3)7-5-9;1-7(2)8-3-5-11(9,10)6-4-8;1-7(2)8-3-5-9-6-4-8;/h9-11H,3-8H2,1-2H3;9-11H,5-8H2,1-4H3;8,10H,4-7H2,1-3H3;2*9-10H,4-8H2,1-3H3;8-9H,4-7H2,1-3H3;7-8H,3-6H2,1-2H3;7-8H,3-6H2,1-2H3;1H4. The first kappa shape index (κ1) is 86.2. The summed E-state index contributed by atoms with van der Waals surface area (Å²) in [5, 5.41) is 0. The molecule has 532 valence electrons. The number of amides is 1. The number of carbonyl (C=O) groups excluding carboxylic acids is 1. The minimum Gasteiger partial charge on any atom is -0.381 e. The molecule has 9 fully saturated rings. The van der Waals surface area contributed by atoms with Gasteiger partial charge in [0.2, 0.25) is 5.91 Å². The van der Waals surface area contributed by atoms with Crippen LogP contribution >= 0.6 is 0 Å². The number of piperidine rings is 6. The van der Waals surface area contributed by atoms with Gasteiger partial charge in [-0.3, -0.25) is 4.79 Å². The highest BCUT2D eigenvalue weighted by molar-refractivity contribution is 7.91. The number of hydrogen-bond acceptors (Lipinski definition) is 9. The Balaban J connectivity index is 0.000000508. The summed E-state index contributed by atoms with van der Waals surface area (Å²) in [5.41, 5.74) is 0. The molecule has 11 heteroatoms. The van der Waals surface area contributed by atoms with Crippen LogP contribution in [0.1, 0.15) is 268 Å². The highest BCUT2D eigenvalue weighted by Crippen LogP contribution is 2.34. The maximum atomic E-state index is 11.0. The van der Waals surface area contributed by atoms with Crippen molar-refractivity contribution in [3.8, 4) is 0 Å². The summed E-state index contributed by atoms with van der Waals surface area (Å²) < 4.78 is 27.3. The largest absolute Gasteiger partial charge is 0.381 e. The molecule has 0 N–H and O–H groups in total. The molecule has 8 saturated heterocycles. The average molecular weight is 1280 g/mol. The first-order chi connectivity index (χ1) is 41.5. The van der Waals surface area contributed by atoms with Gasteiger partial charge in [-0.2, -0.15) is 0 Å². The monoisotopic (exact) mass is 1280 g/mol. The van der Waals surface area contributed by atoms with Crippen LogP contribution in [0, 0.1) is 94.7 Å². The lowest BCUT2D eigenvalue weighted by molar-refractivity contribution is -0.130. The molecule has 89 heavy (non-hydrogen) atoms. The smallest absolute Gasteiger partial charge is 0.219 e. The minimum atomic E-state index is -2.65. The molecule has 8 heterocycles. The van der Waals surface area contributed by atoms with Crippen molar-refractivity contribution < 1.29 is 17.9 Å². The Morgan fingerprint density at radius 1 is 0.382 bits per heavy atom. The van der Waals surface area contributed by atoms with E-state index in [1.54, 1.807) is 6.92 Å². The maximum absolute atomic E-state index is 11.0. The van der Waals surface area contributed by atoms with Crippen molar-refractivity contribution in [2.45, 2.75) is 280 Å². The van der Waals surface area contributed by atoms with Gasteiger partial charge in [0.15, 0.2) is 0 Å². The van der Waals surface area contributed by atoms with E-state index in [-0.39, 0.29) is 13.3 Å². The zero-order chi connectivity index (χ0) is 66.1. The molecule has 0 aromatic heterocycles. The Labute approximate surface area is 558 Å². The second kappa shape index (κ2) is 47.2. The van der Waals surface area contributed by atoms with Gasteiger partial charge in [-0.25, -0.2) is 8.42 Å². The lowest BCUT2D eigenvalue weighted by Gasteiger charge is -2.36. The summed E-state index contributed by atoms with van der Waals surface area (Å²) in [6.45, 7) is 67.6. The number of rotatable bonds is 12. The van der Waals surface area contributed by atoms with Crippen LogP contribution in [-0.2, 0) is 19.4 Å². The third kappa shape index (κ3) is 37.3. The second-order valence-electron chi connectivity index (χ2n) is 32.5.